The third-order valence-electron chi connectivity index (χ3n) is 11.0. The lowest BCUT2D eigenvalue weighted by Gasteiger charge is -2.29. The molecule has 0 unspecified atom stereocenters. The van der Waals surface area contributed by atoms with Gasteiger partial charge in [-0.2, -0.15) is 23.4 Å². The molecule has 3 N–H and O–H groups in total. The summed E-state index contributed by atoms with van der Waals surface area (Å²) in [5.74, 6) is 2.81. The third kappa shape index (κ3) is 8.91. The Morgan fingerprint density at radius 3 is 2.00 bits per heavy atom. The minimum absolute atomic E-state index is 0.0772. The van der Waals surface area contributed by atoms with Gasteiger partial charge in [-0.15, -0.1) is 0 Å². The Kier molecular flexibility index (Phi) is 11.5. The number of benzene rings is 2. The van der Waals surface area contributed by atoms with Crippen molar-refractivity contribution in [1.82, 2.24) is 39.5 Å². The highest BCUT2D eigenvalue weighted by Crippen LogP contribution is 2.37. The second-order valence-corrected chi connectivity index (χ2v) is 14.9. The minimum atomic E-state index is -4.54. The molecule has 302 valence electrons. The number of alkyl halides is 3. The summed E-state index contributed by atoms with van der Waals surface area (Å²) in [6.45, 7) is 0.977. The monoisotopic (exact) mass is 794 g/mol. The summed E-state index contributed by atoms with van der Waals surface area (Å²) in [7, 11) is 1.63. The molecule has 2 fully saturated rings. The van der Waals surface area contributed by atoms with Crippen molar-refractivity contribution in [2.24, 2.45) is 17.6 Å². The molecule has 0 atom stereocenters. The molecule has 4 heterocycles. The van der Waals surface area contributed by atoms with Crippen LogP contribution in [0, 0.1) is 11.8 Å². The van der Waals surface area contributed by atoms with Gasteiger partial charge in [0.05, 0.1) is 56.4 Å². The first-order chi connectivity index (χ1) is 28.2. The van der Waals surface area contributed by atoms with Gasteiger partial charge in [0.15, 0.2) is 11.5 Å². The molecule has 13 nitrogen and oxygen atoms in total. The van der Waals surface area contributed by atoms with Crippen LogP contribution < -0.4 is 25.3 Å². The first-order valence-electron chi connectivity index (χ1n) is 19.6. The molecule has 16 heteroatoms. The van der Waals surface area contributed by atoms with Crippen molar-refractivity contribution in [1.29, 1.82) is 0 Å². The van der Waals surface area contributed by atoms with Crippen LogP contribution in [0.5, 0.6) is 17.2 Å². The van der Waals surface area contributed by atoms with E-state index in [1.54, 1.807) is 42.6 Å². The van der Waals surface area contributed by atoms with Gasteiger partial charge in [-0.25, -0.2) is 29.3 Å². The molecule has 0 spiro atoms. The van der Waals surface area contributed by atoms with Crippen LogP contribution in [0.25, 0.3) is 33.9 Å². The fourth-order valence-electron chi connectivity index (χ4n) is 7.70. The second-order valence-electron chi connectivity index (χ2n) is 14.9. The first-order valence-corrected chi connectivity index (χ1v) is 19.6. The summed E-state index contributed by atoms with van der Waals surface area (Å²) < 4.78 is 62.8. The Balaban J connectivity index is 0.928. The zero-order valence-corrected chi connectivity index (χ0v) is 32.1. The molecule has 2 aromatic carbocycles. The van der Waals surface area contributed by atoms with E-state index in [-0.39, 0.29) is 17.8 Å². The number of hydrogen-bond donors (Lipinski definition) is 2. The normalized spacial score (nSPS) is 19.7. The highest BCUT2D eigenvalue weighted by Gasteiger charge is 2.34. The van der Waals surface area contributed by atoms with E-state index in [9.17, 15) is 13.2 Å². The van der Waals surface area contributed by atoms with E-state index in [4.69, 9.17) is 24.9 Å². The van der Waals surface area contributed by atoms with Crippen molar-refractivity contribution in [2.45, 2.75) is 69.6 Å². The summed E-state index contributed by atoms with van der Waals surface area (Å²) in [5.41, 5.74) is 8.49. The smallest absolute Gasteiger partial charge is 0.418 e. The van der Waals surface area contributed by atoms with Crippen molar-refractivity contribution in [3.63, 3.8) is 0 Å². The van der Waals surface area contributed by atoms with E-state index >= 15 is 0 Å². The van der Waals surface area contributed by atoms with E-state index in [2.05, 4.69) is 30.5 Å². The summed E-state index contributed by atoms with van der Waals surface area (Å²) in [5, 5.41) is 12.3. The number of aromatic nitrogens is 8. The Bertz CT molecular complexity index is 2300. The van der Waals surface area contributed by atoms with Crippen molar-refractivity contribution < 1.29 is 27.4 Å². The van der Waals surface area contributed by atoms with Crippen LogP contribution in [0.2, 0.25) is 0 Å². The number of nitrogens with zero attached hydrogens (tertiary/aromatic N) is 8. The van der Waals surface area contributed by atoms with Gasteiger partial charge in [0.25, 0.3) is 0 Å². The summed E-state index contributed by atoms with van der Waals surface area (Å²) in [6.07, 6.45) is 14.3. The maximum atomic E-state index is 13.9. The maximum Gasteiger partial charge on any atom is 0.418 e. The Morgan fingerprint density at radius 1 is 0.707 bits per heavy atom. The maximum absolute atomic E-state index is 13.9. The number of ether oxygens (including phenoxy) is 3. The molecule has 0 saturated heterocycles. The quantitative estimate of drug-likeness (QED) is 0.117. The number of rotatable bonds is 13. The molecule has 2 aliphatic carbocycles. The van der Waals surface area contributed by atoms with E-state index < -0.39 is 11.7 Å². The largest absolute Gasteiger partial charge is 0.494 e. The molecule has 58 heavy (non-hydrogen) atoms. The predicted octanol–water partition coefficient (Wildman–Crippen LogP) is 7.95. The SMILES string of the molecule is COc1ccccc1-n1cc(-c2ncncc2OCC2CCC(Nc3ncc(OCC4CCC(N)CC4)c(-c4cnn(-c5ccccc5C(F)(F)F)c4)n3)CC2)cn1. The summed E-state index contributed by atoms with van der Waals surface area (Å²) in [6, 6.07) is 13.3. The van der Waals surface area contributed by atoms with Crippen LogP contribution in [-0.2, 0) is 6.18 Å². The lowest BCUT2D eigenvalue weighted by molar-refractivity contribution is -0.137. The van der Waals surface area contributed by atoms with Gasteiger partial charge in [-0.05, 0) is 87.5 Å². The molecule has 0 bridgehead atoms. The Morgan fingerprint density at radius 2 is 1.31 bits per heavy atom. The number of nitrogens with one attached hydrogen (secondary N) is 1. The molecule has 4 aromatic heterocycles. The van der Waals surface area contributed by atoms with E-state index in [0.717, 1.165) is 68.7 Å². The number of methoxy groups -OCH3 is 1. The number of nitrogens with two attached hydrogens (primary N) is 1. The molecule has 8 rings (SSSR count). The average Bonchev–Trinajstić information content (AvgIpc) is 3.95. The second kappa shape index (κ2) is 17.2. The fraction of sp³-hybridized carbons (Fsp3) is 0.381. The minimum Gasteiger partial charge on any atom is -0.494 e. The topological polar surface area (TPSA) is 153 Å². The van der Waals surface area contributed by atoms with Gasteiger partial charge in [0.1, 0.15) is 29.2 Å². The highest BCUT2D eigenvalue weighted by atomic mass is 19.4. The van der Waals surface area contributed by atoms with Crippen molar-refractivity contribution in [3.05, 3.63) is 97.6 Å². The lowest BCUT2D eigenvalue weighted by Crippen LogP contribution is -2.29. The van der Waals surface area contributed by atoms with E-state index in [1.807, 2.05) is 30.5 Å². The third-order valence-corrected chi connectivity index (χ3v) is 11.0. The van der Waals surface area contributed by atoms with Gasteiger partial charge in [0, 0.05) is 35.6 Å². The van der Waals surface area contributed by atoms with Gasteiger partial charge in [0.2, 0.25) is 5.95 Å². The summed E-state index contributed by atoms with van der Waals surface area (Å²) in [4.78, 5) is 18.2. The van der Waals surface area contributed by atoms with Gasteiger partial charge >= 0.3 is 6.18 Å². The Hall–Kier alpha value is -6.03. The zero-order valence-electron chi connectivity index (χ0n) is 32.1. The van der Waals surface area contributed by atoms with Crippen LogP contribution in [0.3, 0.4) is 0 Å². The summed E-state index contributed by atoms with van der Waals surface area (Å²) >= 11 is 0. The van der Waals surface area contributed by atoms with Crippen molar-refractivity contribution >= 4 is 5.95 Å². The molecular weight excluding hydrogens is 750 g/mol. The lowest BCUT2D eigenvalue weighted by atomic mass is 9.86. The number of para-hydroxylation sites is 3. The molecule has 0 aliphatic heterocycles. The van der Waals surface area contributed by atoms with Gasteiger partial charge < -0.3 is 25.3 Å². The number of hydrogen-bond acceptors (Lipinski definition) is 11. The van der Waals surface area contributed by atoms with Crippen LogP contribution in [0.1, 0.15) is 56.9 Å². The zero-order chi connectivity index (χ0) is 40.1. The van der Waals surface area contributed by atoms with Gasteiger partial charge in [-0.3, -0.25) is 0 Å². The van der Waals surface area contributed by atoms with Gasteiger partial charge in [-0.1, -0.05) is 24.3 Å². The van der Waals surface area contributed by atoms with E-state index in [0.29, 0.717) is 65.2 Å². The predicted molar refractivity (Wildman–Crippen MR) is 211 cm³/mol. The van der Waals surface area contributed by atoms with Crippen LogP contribution >= 0.6 is 0 Å². The number of anilines is 1. The number of halogens is 3. The fourth-order valence-corrected chi connectivity index (χ4v) is 7.70. The van der Waals surface area contributed by atoms with Crippen LogP contribution in [0.4, 0.5) is 19.1 Å². The molecule has 2 aliphatic rings. The van der Waals surface area contributed by atoms with Crippen LogP contribution in [0.15, 0.2) is 92.0 Å². The molecular formula is C42H45F3N10O3. The molecule has 0 amide bonds. The highest BCUT2D eigenvalue weighted by molar-refractivity contribution is 5.67. The molecule has 2 saturated carbocycles. The van der Waals surface area contributed by atoms with Crippen molar-refractivity contribution in [3.8, 4) is 51.1 Å². The molecule has 6 aromatic rings. The average molecular weight is 795 g/mol. The van der Waals surface area contributed by atoms with Crippen molar-refractivity contribution in [2.75, 3.05) is 25.6 Å². The Labute approximate surface area is 333 Å². The van der Waals surface area contributed by atoms with Crippen LogP contribution in [-0.4, -0.2) is 71.9 Å². The van der Waals surface area contributed by atoms with E-state index in [1.165, 1.54) is 29.3 Å². The standard InChI is InChI=1S/C42H45F3N10O3/c1-56-36-9-5-4-8-35(36)55-22-29(18-51-55)39-37(20-47-26-49-39)57-25-28-12-16-32(17-13-28)52-41-48-21-38(58-24-27-10-14-31(46)15-11-27)40(53-41)30-19-50-54(23-30)34-7-3-2-6-33(34)42(43,44)45/h2-9,18-23,26-28,31-32H,10-17,24-25,46H2,1H3,(H,48,52,53). The molecule has 0 radical (unpaired) electrons. The first kappa shape index (κ1) is 38.8.